The Balaban J connectivity index is 0. The number of rotatable bonds is 0. The minimum atomic E-state index is 0. The van der Waals surface area contributed by atoms with Gasteiger partial charge in [-0.15, -0.1) is 0 Å². The molecule has 0 atom stereocenters. The van der Waals surface area contributed by atoms with Crippen molar-refractivity contribution in [3.8, 4) is 0 Å². The van der Waals surface area contributed by atoms with Gasteiger partial charge in [0.05, 0.1) is 0 Å². The van der Waals surface area contributed by atoms with E-state index < -0.39 is 0 Å². The van der Waals surface area contributed by atoms with Crippen molar-refractivity contribution in [2.45, 2.75) is 0 Å². The third-order valence-electron chi connectivity index (χ3n) is 0. The second kappa shape index (κ2) is 19.1. The van der Waals surface area contributed by atoms with Crippen LogP contribution in [0.15, 0.2) is 0 Å². The normalized spacial score (nSPS) is 0. The van der Waals surface area contributed by atoms with Crippen molar-refractivity contribution in [3.63, 3.8) is 0 Å². The Hall–Kier alpha value is 2.17. The van der Waals surface area contributed by atoms with E-state index in [2.05, 4.69) is 0 Å². The van der Waals surface area contributed by atoms with Crippen LogP contribution in [0.3, 0.4) is 0 Å². The zero-order valence-electron chi connectivity index (χ0n) is 1.77. The second-order valence-electron chi connectivity index (χ2n) is 0. The van der Waals surface area contributed by atoms with Crippen LogP contribution in [-0.2, 0) is 70.4 Å². The topological polar surface area (TPSA) is 0 Å². The molecule has 0 spiro atoms. The Morgan fingerprint density at radius 1 is 1.00 bits per heavy atom. The molecule has 0 nitrogen and oxygen atoms in total. The first-order chi connectivity index (χ1) is 0. The summed E-state index contributed by atoms with van der Waals surface area (Å²) in [5.74, 6) is 0. The first-order valence-corrected chi connectivity index (χ1v) is 0. The van der Waals surface area contributed by atoms with Crippen molar-refractivity contribution in [2.75, 3.05) is 0 Å². The molecular formula is CoFeMnZn+8. The van der Waals surface area contributed by atoms with Crippen molar-refractivity contribution in [1.82, 2.24) is 0 Å². The maximum Gasteiger partial charge on any atom is 2.00 e. The summed E-state index contributed by atoms with van der Waals surface area (Å²) in [6.07, 6.45) is 0. The largest absolute Gasteiger partial charge is 2.00 e. The monoisotopic (exact) mass is 234 g/mol. The molecule has 0 amide bonds. The first kappa shape index (κ1) is 35.0. The van der Waals surface area contributed by atoms with Gasteiger partial charge in [0, 0.05) is 0 Å². The SMILES string of the molecule is [Co+2].[Fe+2].[Mn+2].[Zn+2]. The minimum absolute atomic E-state index is 0. The number of hydrogen-bond acceptors (Lipinski definition) is 0. The zero-order valence-corrected chi connectivity index (χ0v) is 8.06. The zero-order chi connectivity index (χ0) is 0. The molecular weight excluding hydrogens is 235 g/mol. The van der Waals surface area contributed by atoms with Crippen LogP contribution in [0.1, 0.15) is 0 Å². The fourth-order valence-corrected chi connectivity index (χ4v) is 0. The maximum atomic E-state index is 0. The smallest absolute Gasteiger partial charge is 2.00 e. The summed E-state index contributed by atoms with van der Waals surface area (Å²) in [6, 6.07) is 0. The maximum absolute atomic E-state index is 0. The predicted molar refractivity (Wildman–Crippen MR) is 0 cm³/mol. The minimum Gasteiger partial charge on any atom is 2.00 e. The van der Waals surface area contributed by atoms with E-state index >= 15 is 0 Å². The van der Waals surface area contributed by atoms with Gasteiger partial charge in [-0.25, -0.2) is 0 Å². The predicted octanol–water partition coefficient (Wildman–Crippen LogP) is -0.0100. The Bertz CT molecular complexity index is 8.00. The van der Waals surface area contributed by atoms with Crippen LogP contribution in [0.5, 0.6) is 0 Å². The van der Waals surface area contributed by atoms with E-state index in [1.54, 1.807) is 0 Å². The van der Waals surface area contributed by atoms with Gasteiger partial charge in [-0.1, -0.05) is 0 Å². The molecule has 0 bridgehead atoms. The summed E-state index contributed by atoms with van der Waals surface area (Å²) in [6.45, 7) is 0. The molecule has 2 radical (unpaired) electrons. The summed E-state index contributed by atoms with van der Waals surface area (Å²) in [5.41, 5.74) is 0. The molecule has 0 aliphatic heterocycles. The molecule has 0 aromatic rings. The summed E-state index contributed by atoms with van der Waals surface area (Å²) >= 11 is 0. The molecule has 0 fully saturated rings. The van der Waals surface area contributed by atoms with E-state index in [1.807, 2.05) is 0 Å². The van der Waals surface area contributed by atoms with Gasteiger partial charge in [0.15, 0.2) is 0 Å². The molecule has 18 valence electrons. The van der Waals surface area contributed by atoms with Gasteiger partial charge in [-0.3, -0.25) is 0 Å². The third-order valence-corrected chi connectivity index (χ3v) is 0. The molecule has 0 heterocycles. The second-order valence-corrected chi connectivity index (χ2v) is 0. The molecule has 0 rings (SSSR count). The van der Waals surface area contributed by atoms with Crippen molar-refractivity contribution < 1.29 is 70.4 Å². The van der Waals surface area contributed by atoms with Crippen LogP contribution in [-0.4, -0.2) is 0 Å². The molecule has 4 heavy (non-hydrogen) atoms. The molecule has 0 aliphatic carbocycles. The summed E-state index contributed by atoms with van der Waals surface area (Å²) in [7, 11) is 0. The summed E-state index contributed by atoms with van der Waals surface area (Å²) in [4.78, 5) is 0. The van der Waals surface area contributed by atoms with Crippen LogP contribution < -0.4 is 0 Å². The van der Waals surface area contributed by atoms with Gasteiger partial charge in [-0.2, -0.15) is 0 Å². The van der Waals surface area contributed by atoms with Crippen LogP contribution in [0, 0.1) is 0 Å². The molecule has 0 aromatic heterocycles. The Labute approximate surface area is 69.8 Å². The van der Waals surface area contributed by atoms with Gasteiger partial charge in [-0.05, 0) is 0 Å². The Morgan fingerprint density at radius 3 is 1.00 bits per heavy atom. The van der Waals surface area contributed by atoms with Crippen LogP contribution in [0.4, 0.5) is 0 Å². The standard InChI is InChI=1S/Co.Fe.Mn.Zn/q4*+2. The van der Waals surface area contributed by atoms with Crippen molar-refractivity contribution in [1.29, 1.82) is 0 Å². The van der Waals surface area contributed by atoms with E-state index in [1.165, 1.54) is 0 Å². The van der Waals surface area contributed by atoms with Crippen LogP contribution in [0.2, 0.25) is 0 Å². The quantitative estimate of drug-likeness (QED) is 0.518. The molecule has 0 aromatic carbocycles. The van der Waals surface area contributed by atoms with Gasteiger partial charge in [0.25, 0.3) is 0 Å². The molecule has 0 saturated heterocycles. The molecule has 0 saturated carbocycles. The van der Waals surface area contributed by atoms with Crippen molar-refractivity contribution in [3.05, 3.63) is 0 Å². The van der Waals surface area contributed by atoms with E-state index in [9.17, 15) is 0 Å². The molecule has 0 aliphatic rings. The van der Waals surface area contributed by atoms with E-state index in [4.69, 9.17) is 0 Å². The molecule has 4 heteroatoms. The average molecular weight is 235 g/mol. The molecule has 0 N–H and O–H groups in total. The molecule has 0 unspecified atom stereocenters. The van der Waals surface area contributed by atoms with E-state index in [0.717, 1.165) is 0 Å². The van der Waals surface area contributed by atoms with Gasteiger partial charge in [0.2, 0.25) is 0 Å². The van der Waals surface area contributed by atoms with Gasteiger partial charge >= 0.3 is 70.4 Å². The first-order valence-electron chi connectivity index (χ1n) is 0. The van der Waals surface area contributed by atoms with Crippen molar-refractivity contribution in [2.24, 2.45) is 0 Å². The van der Waals surface area contributed by atoms with E-state index in [-0.39, 0.29) is 70.4 Å². The van der Waals surface area contributed by atoms with Gasteiger partial charge < -0.3 is 0 Å². The van der Waals surface area contributed by atoms with Gasteiger partial charge in [0.1, 0.15) is 0 Å². The van der Waals surface area contributed by atoms with Crippen molar-refractivity contribution >= 4 is 0 Å². The summed E-state index contributed by atoms with van der Waals surface area (Å²) < 4.78 is 0. The average Bonchev–Trinajstić information content (AvgIpc) is 0. The fourth-order valence-electron chi connectivity index (χ4n) is 0. The van der Waals surface area contributed by atoms with Crippen LogP contribution >= 0.6 is 0 Å². The van der Waals surface area contributed by atoms with Crippen LogP contribution in [0.25, 0.3) is 0 Å². The fraction of sp³-hybridized carbons (Fsp3) is 0. The Morgan fingerprint density at radius 2 is 1.00 bits per heavy atom. The summed E-state index contributed by atoms with van der Waals surface area (Å²) in [5, 5.41) is 0. The van der Waals surface area contributed by atoms with E-state index in [0.29, 0.717) is 0 Å². The Kier molecular flexibility index (Phi) is 167. The number of hydrogen-bond donors (Lipinski definition) is 0. The third kappa shape index (κ3) is 8.90.